The van der Waals surface area contributed by atoms with Crippen LogP contribution in [0.5, 0.6) is 5.75 Å². The van der Waals surface area contributed by atoms with Gasteiger partial charge in [0.05, 0.1) is 5.69 Å². The van der Waals surface area contributed by atoms with Crippen LogP contribution in [-0.4, -0.2) is 11.7 Å². The van der Waals surface area contributed by atoms with Gasteiger partial charge >= 0.3 is 0 Å². The molecule has 2 rings (SSSR count). The van der Waals surface area contributed by atoms with Gasteiger partial charge in [-0.25, -0.2) is 0 Å². The summed E-state index contributed by atoms with van der Waals surface area (Å²) in [6.07, 6.45) is 0.975. The lowest BCUT2D eigenvalue weighted by Crippen LogP contribution is -2.23. The number of nitrogens with two attached hydrogens (primary N) is 1. The first-order chi connectivity index (χ1) is 5.77. The third-order valence-corrected chi connectivity index (χ3v) is 2.24. The largest absolute Gasteiger partial charge is 0.506 e. The van der Waals surface area contributed by atoms with Crippen molar-refractivity contribution in [3.05, 3.63) is 23.3 Å². The molecule has 0 radical (unpaired) electrons. The van der Waals surface area contributed by atoms with Gasteiger partial charge in [0.1, 0.15) is 5.75 Å². The number of phenols is 1. The smallest absolute Gasteiger partial charge is 0.138 e. The second-order valence-corrected chi connectivity index (χ2v) is 3.11. The number of aromatic hydroxyl groups is 1. The van der Waals surface area contributed by atoms with E-state index in [2.05, 4.69) is 5.32 Å². The van der Waals surface area contributed by atoms with Gasteiger partial charge in [0.15, 0.2) is 0 Å². The Morgan fingerprint density at radius 1 is 1.33 bits per heavy atom. The molecule has 12 heavy (non-hydrogen) atoms. The van der Waals surface area contributed by atoms with Gasteiger partial charge in [-0.3, -0.25) is 0 Å². The minimum Gasteiger partial charge on any atom is -0.506 e. The zero-order chi connectivity index (χ0) is 8.55. The van der Waals surface area contributed by atoms with Gasteiger partial charge < -0.3 is 16.2 Å². The third-order valence-electron chi connectivity index (χ3n) is 2.24. The number of fused-ring (bicyclic) bond motifs is 1. The number of benzene rings is 1. The molecule has 64 valence electrons. The van der Waals surface area contributed by atoms with Crippen LogP contribution in [-0.2, 0) is 13.0 Å². The lowest BCUT2D eigenvalue weighted by Gasteiger charge is -2.17. The standard InChI is InChI=1S/C9H12N2O/c10-8-3-7-5-11-2-1-6(7)4-9(8)12/h3-4,11-12H,1-2,5,10H2. The molecule has 0 unspecified atom stereocenters. The molecule has 0 saturated heterocycles. The van der Waals surface area contributed by atoms with E-state index in [1.807, 2.05) is 6.07 Å². The van der Waals surface area contributed by atoms with Crippen LogP contribution in [0, 0.1) is 0 Å². The third kappa shape index (κ3) is 1.12. The average Bonchev–Trinajstić information content (AvgIpc) is 2.07. The molecule has 0 fully saturated rings. The Labute approximate surface area is 71.2 Å². The average molecular weight is 164 g/mol. The van der Waals surface area contributed by atoms with Gasteiger partial charge in [-0.05, 0) is 36.2 Å². The zero-order valence-electron chi connectivity index (χ0n) is 6.80. The van der Waals surface area contributed by atoms with E-state index in [0.717, 1.165) is 19.5 Å². The Balaban J connectivity index is 2.49. The molecule has 0 spiro atoms. The van der Waals surface area contributed by atoms with Crippen molar-refractivity contribution >= 4 is 5.69 Å². The van der Waals surface area contributed by atoms with E-state index in [9.17, 15) is 5.11 Å². The summed E-state index contributed by atoms with van der Waals surface area (Å²) in [6.45, 7) is 1.84. The van der Waals surface area contributed by atoms with E-state index in [0.29, 0.717) is 5.69 Å². The SMILES string of the molecule is Nc1cc2c(cc1O)CCNC2. The van der Waals surface area contributed by atoms with Gasteiger partial charge in [0, 0.05) is 6.54 Å². The lowest BCUT2D eigenvalue weighted by atomic mass is 10.00. The van der Waals surface area contributed by atoms with Crippen LogP contribution in [0.15, 0.2) is 12.1 Å². The Kier molecular flexibility index (Phi) is 1.66. The van der Waals surface area contributed by atoms with E-state index in [-0.39, 0.29) is 5.75 Å². The summed E-state index contributed by atoms with van der Waals surface area (Å²) in [5.74, 6) is 0.204. The molecule has 1 aromatic carbocycles. The van der Waals surface area contributed by atoms with Crippen LogP contribution < -0.4 is 11.1 Å². The molecule has 3 heteroatoms. The molecule has 0 amide bonds. The first kappa shape index (κ1) is 7.43. The van der Waals surface area contributed by atoms with Crippen molar-refractivity contribution in [1.29, 1.82) is 0 Å². The van der Waals surface area contributed by atoms with Crippen LogP contribution >= 0.6 is 0 Å². The predicted molar refractivity (Wildman–Crippen MR) is 47.9 cm³/mol. The number of phenolic OH excluding ortho intramolecular Hbond substituents is 1. The van der Waals surface area contributed by atoms with E-state index < -0.39 is 0 Å². The molecule has 1 aliphatic rings. The first-order valence-electron chi connectivity index (χ1n) is 4.08. The van der Waals surface area contributed by atoms with E-state index in [1.165, 1.54) is 11.1 Å². The van der Waals surface area contributed by atoms with Crippen molar-refractivity contribution < 1.29 is 5.11 Å². The van der Waals surface area contributed by atoms with E-state index in [1.54, 1.807) is 6.07 Å². The molecule has 0 aliphatic carbocycles. The summed E-state index contributed by atoms with van der Waals surface area (Å²) in [4.78, 5) is 0. The maximum Gasteiger partial charge on any atom is 0.138 e. The topological polar surface area (TPSA) is 58.3 Å². The zero-order valence-corrected chi connectivity index (χ0v) is 6.80. The molecule has 4 N–H and O–H groups in total. The van der Waals surface area contributed by atoms with Gasteiger partial charge in [-0.2, -0.15) is 0 Å². The first-order valence-corrected chi connectivity index (χ1v) is 4.08. The van der Waals surface area contributed by atoms with Crippen molar-refractivity contribution in [2.75, 3.05) is 12.3 Å². The molecule has 0 atom stereocenters. The van der Waals surface area contributed by atoms with Crippen molar-refractivity contribution in [3.8, 4) is 5.75 Å². The van der Waals surface area contributed by atoms with Crippen molar-refractivity contribution in [3.63, 3.8) is 0 Å². The summed E-state index contributed by atoms with van der Waals surface area (Å²) in [5, 5.41) is 12.6. The fraction of sp³-hybridized carbons (Fsp3) is 0.333. The monoisotopic (exact) mass is 164 g/mol. The predicted octanol–water partition coefficient (Wildman–Crippen LogP) is 0.620. The highest BCUT2D eigenvalue weighted by Crippen LogP contribution is 2.26. The van der Waals surface area contributed by atoms with Crippen molar-refractivity contribution in [2.45, 2.75) is 13.0 Å². The molecule has 0 aromatic heterocycles. The molecular formula is C9H12N2O. The number of rotatable bonds is 0. The maximum atomic E-state index is 9.33. The second kappa shape index (κ2) is 2.68. The Morgan fingerprint density at radius 3 is 3.00 bits per heavy atom. The van der Waals surface area contributed by atoms with Crippen LogP contribution in [0.1, 0.15) is 11.1 Å². The van der Waals surface area contributed by atoms with Gasteiger partial charge in [-0.1, -0.05) is 0 Å². The quantitative estimate of drug-likeness (QED) is 0.389. The molecule has 1 aliphatic heterocycles. The number of anilines is 1. The lowest BCUT2D eigenvalue weighted by molar-refractivity contribution is 0.475. The highest BCUT2D eigenvalue weighted by Gasteiger charge is 2.10. The molecule has 0 bridgehead atoms. The van der Waals surface area contributed by atoms with Crippen molar-refractivity contribution in [2.24, 2.45) is 0 Å². The highest BCUT2D eigenvalue weighted by atomic mass is 16.3. The Morgan fingerprint density at radius 2 is 2.17 bits per heavy atom. The Hall–Kier alpha value is -1.22. The second-order valence-electron chi connectivity index (χ2n) is 3.11. The fourth-order valence-electron chi connectivity index (χ4n) is 1.54. The highest BCUT2D eigenvalue weighted by molar-refractivity contribution is 5.56. The molecule has 3 nitrogen and oxygen atoms in total. The number of nitrogen functional groups attached to an aromatic ring is 1. The molecule has 1 aromatic rings. The van der Waals surface area contributed by atoms with Gasteiger partial charge in [0.25, 0.3) is 0 Å². The number of hydrogen-bond donors (Lipinski definition) is 3. The summed E-state index contributed by atoms with van der Waals surface area (Å²) < 4.78 is 0. The van der Waals surface area contributed by atoms with E-state index in [4.69, 9.17) is 5.73 Å². The minimum absolute atomic E-state index is 0.204. The molecule has 0 saturated carbocycles. The Bertz CT molecular complexity index is 279. The van der Waals surface area contributed by atoms with Gasteiger partial charge in [-0.15, -0.1) is 0 Å². The summed E-state index contributed by atoms with van der Waals surface area (Å²) in [5.41, 5.74) is 8.45. The van der Waals surface area contributed by atoms with Gasteiger partial charge in [0.2, 0.25) is 0 Å². The van der Waals surface area contributed by atoms with Crippen LogP contribution in [0.2, 0.25) is 0 Å². The number of hydrogen-bond acceptors (Lipinski definition) is 3. The van der Waals surface area contributed by atoms with E-state index >= 15 is 0 Å². The molecule has 1 heterocycles. The fourth-order valence-corrected chi connectivity index (χ4v) is 1.54. The van der Waals surface area contributed by atoms with Crippen LogP contribution in [0.25, 0.3) is 0 Å². The van der Waals surface area contributed by atoms with Crippen molar-refractivity contribution in [1.82, 2.24) is 5.32 Å². The maximum absolute atomic E-state index is 9.33. The number of nitrogens with one attached hydrogen (secondary N) is 1. The minimum atomic E-state index is 0.204. The normalized spacial score (nSPS) is 15.7. The van der Waals surface area contributed by atoms with Crippen LogP contribution in [0.4, 0.5) is 5.69 Å². The summed E-state index contributed by atoms with van der Waals surface area (Å²) in [6, 6.07) is 3.61. The van der Waals surface area contributed by atoms with Crippen LogP contribution in [0.3, 0.4) is 0 Å². The molecular weight excluding hydrogens is 152 g/mol. The summed E-state index contributed by atoms with van der Waals surface area (Å²) in [7, 11) is 0. The summed E-state index contributed by atoms with van der Waals surface area (Å²) >= 11 is 0.